The predicted octanol–water partition coefficient (Wildman–Crippen LogP) is 2.04. The van der Waals surface area contributed by atoms with Gasteiger partial charge in [0.1, 0.15) is 5.82 Å². The molecule has 3 N–H and O–H groups in total. The summed E-state index contributed by atoms with van der Waals surface area (Å²) in [6, 6.07) is 2.03. The molecule has 90 valence electrons. The third-order valence-corrected chi connectivity index (χ3v) is 2.87. The van der Waals surface area contributed by atoms with Crippen molar-refractivity contribution in [1.29, 1.82) is 0 Å². The second-order valence-corrected chi connectivity index (χ2v) is 4.66. The Bertz CT molecular complexity index is 508. The molecule has 0 atom stereocenters. The maximum Gasteiger partial charge on any atom is 0.140 e. The first-order chi connectivity index (χ1) is 8.15. The monoisotopic (exact) mass is 295 g/mol. The van der Waals surface area contributed by atoms with Crippen molar-refractivity contribution in [3.8, 4) is 0 Å². The van der Waals surface area contributed by atoms with Crippen LogP contribution in [0.3, 0.4) is 0 Å². The van der Waals surface area contributed by atoms with Gasteiger partial charge in [0, 0.05) is 18.9 Å². The minimum Gasteiger partial charge on any atom is -0.396 e. The van der Waals surface area contributed by atoms with Crippen molar-refractivity contribution in [2.45, 2.75) is 13.5 Å². The summed E-state index contributed by atoms with van der Waals surface area (Å²) in [4.78, 5) is 4.30. The first kappa shape index (κ1) is 11.9. The van der Waals surface area contributed by atoms with E-state index in [9.17, 15) is 0 Å². The average Bonchev–Trinajstić information content (AvgIpc) is 2.68. The number of nitrogens with two attached hydrogens (primary N) is 1. The molecule has 5 nitrogen and oxygen atoms in total. The second-order valence-electron chi connectivity index (χ2n) is 3.81. The quantitative estimate of drug-likeness (QED) is 0.906. The van der Waals surface area contributed by atoms with E-state index in [1.807, 2.05) is 19.2 Å². The molecule has 0 amide bonds. The molecule has 0 aromatic carbocycles. The largest absolute Gasteiger partial charge is 0.396 e. The van der Waals surface area contributed by atoms with Gasteiger partial charge in [0.15, 0.2) is 0 Å². The van der Waals surface area contributed by atoms with E-state index in [1.54, 1.807) is 17.1 Å². The fraction of sp³-hybridized carbons (Fsp3) is 0.273. The highest BCUT2D eigenvalue weighted by atomic mass is 79.9. The molecule has 0 spiro atoms. The molecule has 0 saturated heterocycles. The molecule has 2 aromatic rings. The highest BCUT2D eigenvalue weighted by molar-refractivity contribution is 9.10. The molecule has 2 heterocycles. The van der Waals surface area contributed by atoms with E-state index in [2.05, 4.69) is 31.3 Å². The van der Waals surface area contributed by atoms with Crippen molar-refractivity contribution in [2.24, 2.45) is 0 Å². The van der Waals surface area contributed by atoms with Crippen LogP contribution in [0.4, 0.5) is 11.5 Å². The Hall–Kier alpha value is -1.56. The summed E-state index contributed by atoms with van der Waals surface area (Å²) in [5.41, 5.74) is 7.39. The summed E-state index contributed by atoms with van der Waals surface area (Å²) in [5.74, 6) is 0.843. The van der Waals surface area contributed by atoms with E-state index in [0.29, 0.717) is 5.69 Å². The molecular weight excluding hydrogens is 282 g/mol. The minimum absolute atomic E-state index is 0.680. The number of aromatic nitrogens is 3. The molecule has 2 rings (SSSR count). The van der Waals surface area contributed by atoms with Crippen LogP contribution >= 0.6 is 15.9 Å². The molecule has 0 aliphatic carbocycles. The third-order valence-electron chi connectivity index (χ3n) is 2.26. The lowest BCUT2D eigenvalue weighted by Gasteiger charge is -2.08. The summed E-state index contributed by atoms with van der Waals surface area (Å²) in [6.45, 7) is 3.50. The normalized spacial score (nSPS) is 10.5. The number of aryl methyl sites for hydroxylation is 1. The van der Waals surface area contributed by atoms with Gasteiger partial charge >= 0.3 is 0 Å². The summed E-state index contributed by atoms with van der Waals surface area (Å²) < 4.78 is 2.77. The van der Waals surface area contributed by atoms with Crippen LogP contribution in [0.2, 0.25) is 0 Å². The molecule has 2 aromatic heterocycles. The van der Waals surface area contributed by atoms with Crippen LogP contribution in [-0.4, -0.2) is 21.3 Å². The van der Waals surface area contributed by atoms with Crippen LogP contribution in [0, 0.1) is 6.92 Å². The number of hydrogen-bond donors (Lipinski definition) is 2. The van der Waals surface area contributed by atoms with Crippen molar-refractivity contribution in [2.75, 3.05) is 17.6 Å². The van der Waals surface area contributed by atoms with Crippen molar-refractivity contribution in [3.05, 3.63) is 34.7 Å². The van der Waals surface area contributed by atoms with Crippen molar-refractivity contribution >= 4 is 27.4 Å². The van der Waals surface area contributed by atoms with Gasteiger partial charge in [-0.1, -0.05) is 0 Å². The maximum absolute atomic E-state index is 5.58. The number of anilines is 2. The SMILES string of the molecule is Cc1cnc(NCCn2cc(N)cn2)c(Br)c1. The van der Waals surface area contributed by atoms with Crippen molar-refractivity contribution in [1.82, 2.24) is 14.8 Å². The van der Waals surface area contributed by atoms with Crippen LogP contribution in [0.15, 0.2) is 29.1 Å². The average molecular weight is 296 g/mol. The Morgan fingerprint density at radius 3 is 2.94 bits per heavy atom. The Kier molecular flexibility index (Phi) is 3.63. The van der Waals surface area contributed by atoms with Crippen LogP contribution in [0.1, 0.15) is 5.56 Å². The highest BCUT2D eigenvalue weighted by Crippen LogP contribution is 2.20. The zero-order chi connectivity index (χ0) is 12.3. The van der Waals surface area contributed by atoms with Gasteiger partial charge in [-0.05, 0) is 34.5 Å². The van der Waals surface area contributed by atoms with Crippen molar-refractivity contribution < 1.29 is 0 Å². The lowest BCUT2D eigenvalue weighted by molar-refractivity contribution is 0.637. The van der Waals surface area contributed by atoms with Crippen LogP contribution in [0.5, 0.6) is 0 Å². The van der Waals surface area contributed by atoms with E-state index < -0.39 is 0 Å². The van der Waals surface area contributed by atoms with Crippen molar-refractivity contribution in [3.63, 3.8) is 0 Å². The number of pyridine rings is 1. The first-order valence-electron chi connectivity index (χ1n) is 5.29. The molecule has 0 aliphatic rings. The third kappa shape index (κ3) is 3.20. The number of hydrogen-bond acceptors (Lipinski definition) is 4. The molecule has 0 unspecified atom stereocenters. The van der Waals surface area contributed by atoms with Gasteiger partial charge in [-0.15, -0.1) is 0 Å². The zero-order valence-electron chi connectivity index (χ0n) is 9.52. The fourth-order valence-electron chi connectivity index (χ4n) is 1.45. The van der Waals surface area contributed by atoms with E-state index in [1.165, 1.54) is 0 Å². The van der Waals surface area contributed by atoms with E-state index in [0.717, 1.165) is 28.9 Å². The highest BCUT2D eigenvalue weighted by Gasteiger charge is 2.01. The summed E-state index contributed by atoms with van der Waals surface area (Å²) in [6.07, 6.45) is 5.28. The van der Waals surface area contributed by atoms with Gasteiger partial charge in [0.2, 0.25) is 0 Å². The standard InChI is InChI=1S/C11H14BrN5/c1-8-4-10(12)11(15-5-8)14-2-3-17-7-9(13)6-16-17/h4-7H,2-3,13H2,1H3,(H,14,15). The first-order valence-corrected chi connectivity index (χ1v) is 6.08. The number of halogens is 1. The number of nitrogens with one attached hydrogen (secondary N) is 1. The molecule has 17 heavy (non-hydrogen) atoms. The lowest BCUT2D eigenvalue weighted by atomic mass is 10.3. The smallest absolute Gasteiger partial charge is 0.140 e. The van der Waals surface area contributed by atoms with Gasteiger partial charge in [-0.2, -0.15) is 5.10 Å². The van der Waals surface area contributed by atoms with E-state index in [4.69, 9.17) is 5.73 Å². The Morgan fingerprint density at radius 1 is 1.47 bits per heavy atom. The van der Waals surface area contributed by atoms with Gasteiger partial charge < -0.3 is 11.1 Å². The van der Waals surface area contributed by atoms with Gasteiger partial charge in [-0.25, -0.2) is 4.98 Å². The predicted molar refractivity (Wildman–Crippen MR) is 71.8 cm³/mol. The maximum atomic E-state index is 5.58. The molecule has 0 aliphatic heterocycles. The molecule has 6 heteroatoms. The Labute approximate surface area is 108 Å². The van der Waals surface area contributed by atoms with Crippen LogP contribution in [0.25, 0.3) is 0 Å². The van der Waals surface area contributed by atoms with E-state index in [-0.39, 0.29) is 0 Å². The van der Waals surface area contributed by atoms with Gasteiger partial charge in [0.25, 0.3) is 0 Å². The van der Waals surface area contributed by atoms with Crippen LogP contribution < -0.4 is 11.1 Å². The molecule has 0 fully saturated rings. The van der Waals surface area contributed by atoms with Gasteiger partial charge in [0.05, 0.1) is 22.9 Å². The minimum atomic E-state index is 0.680. The number of rotatable bonds is 4. The summed E-state index contributed by atoms with van der Waals surface area (Å²) in [7, 11) is 0. The van der Waals surface area contributed by atoms with Crippen LogP contribution in [-0.2, 0) is 6.54 Å². The topological polar surface area (TPSA) is 68.8 Å². The molecular formula is C11H14BrN5. The summed E-state index contributed by atoms with van der Waals surface area (Å²) >= 11 is 3.47. The second kappa shape index (κ2) is 5.18. The van der Waals surface area contributed by atoms with E-state index >= 15 is 0 Å². The molecule has 0 bridgehead atoms. The fourth-order valence-corrected chi connectivity index (χ4v) is 2.06. The lowest BCUT2D eigenvalue weighted by Crippen LogP contribution is -2.12. The summed E-state index contributed by atoms with van der Waals surface area (Å²) in [5, 5.41) is 7.34. The molecule has 0 radical (unpaired) electrons. The number of nitrogens with zero attached hydrogens (tertiary/aromatic N) is 3. The van der Waals surface area contributed by atoms with Gasteiger partial charge in [-0.3, -0.25) is 4.68 Å². The number of nitrogen functional groups attached to an aromatic ring is 1. The zero-order valence-corrected chi connectivity index (χ0v) is 11.1. The molecule has 0 saturated carbocycles. The Morgan fingerprint density at radius 2 is 2.29 bits per heavy atom. The Balaban J connectivity index is 1.90.